The summed E-state index contributed by atoms with van der Waals surface area (Å²) in [6, 6.07) is 9.66. The number of fused-ring (bicyclic) bond motifs is 1. The lowest BCUT2D eigenvalue weighted by Gasteiger charge is -1.82. The summed E-state index contributed by atoms with van der Waals surface area (Å²) in [6.45, 7) is 5.76. The van der Waals surface area contributed by atoms with Gasteiger partial charge >= 0.3 is 0 Å². The van der Waals surface area contributed by atoms with Crippen molar-refractivity contribution in [1.82, 2.24) is 0 Å². The van der Waals surface area contributed by atoms with Crippen molar-refractivity contribution in [3.05, 3.63) is 36.1 Å². The first-order valence-electron chi connectivity index (χ1n) is 5.71. The number of furan rings is 1. The molecule has 5 nitrogen and oxygen atoms in total. The van der Waals surface area contributed by atoms with Crippen LogP contribution in [0.4, 0.5) is 0 Å². The molecule has 98 valence electrons. The number of hydrogen-bond donors (Lipinski definition) is 2. The number of nitrogens with zero attached hydrogens (tertiary/aromatic N) is 2. The third-order valence-corrected chi connectivity index (χ3v) is 1.80. The molecule has 4 N–H and O–H groups in total. The number of rotatable bonds is 1. The van der Waals surface area contributed by atoms with Gasteiger partial charge < -0.3 is 16.1 Å². The zero-order valence-electron chi connectivity index (χ0n) is 11.0. The van der Waals surface area contributed by atoms with Crippen LogP contribution in [-0.4, -0.2) is 12.4 Å². The van der Waals surface area contributed by atoms with Crippen molar-refractivity contribution in [3.8, 4) is 0 Å². The predicted octanol–water partition coefficient (Wildman–Crippen LogP) is 2.70. The Morgan fingerprint density at radius 3 is 2.22 bits per heavy atom. The van der Waals surface area contributed by atoms with Crippen molar-refractivity contribution in [2.24, 2.45) is 21.9 Å². The molecule has 1 aromatic heterocycles. The van der Waals surface area contributed by atoms with E-state index in [0.29, 0.717) is 5.76 Å². The van der Waals surface area contributed by atoms with Gasteiger partial charge in [0.15, 0.2) is 0 Å². The van der Waals surface area contributed by atoms with E-state index in [1.54, 1.807) is 6.92 Å². The van der Waals surface area contributed by atoms with Crippen molar-refractivity contribution in [2.45, 2.75) is 20.8 Å². The van der Waals surface area contributed by atoms with E-state index in [2.05, 4.69) is 16.0 Å². The van der Waals surface area contributed by atoms with E-state index in [1.165, 1.54) is 12.4 Å². The monoisotopic (exact) mass is 248 g/mol. The van der Waals surface area contributed by atoms with Gasteiger partial charge in [-0.05, 0) is 19.1 Å². The second kappa shape index (κ2) is 9.89. The molecule has 0 unspecified atom stereocenters. The first kappa shape index (κ1) is 15.7. The van der Waals surface area contributed by atoms with Crippen molar-refractivity contribution in [3.63, 3.8) is 0 Å². The van der Waals surface area contributed by atoms with Gasteiger partial charge in [0.05, 0.1) is 6.21 Å². The normalized spacial score (nSPS) is 9.94. The van der Waals surface area contributed by atoms with Crippen LogP contribution >= 0.6 is 0 Å². The maximum Gasteiger partial charge on any atom is 0.148 e. The fourth-order valence-corrected chi connectivity index (χ4v) is 1.14. The number of para-hydroxylation sites is 1. The summed E-state index contributed by atoms with van der Waals surface area (Å²) in [4.78, 5) is 0. The molecule has 0 aliphatic heterocycles. The molecule has 0 saturated heterocycles. The van der Waals surface area contributed by atoms with Crippen molar-refractivity contribution in [2.75, 3.05) is 0 Å². The Kier molecular flexibility index (Phi) is 8.63. The SMILES string of the molecule is CC.CC=NN.N/N=C\c1cc2ccccc2o1. The van der Waals surface area contributed by atoms with Crippen LogP contribution in [0.2, 0.25) is 0 Å². The third kappa shape index (κ3) is 5.16. The Labute approximate surface area is 107 Å². The lowest BCUT2D eigenvalue weighted by Crippen LogP contribution is -1.81. The van der Waals surface area contributed by atoms with Crippen molar-refractivity contribution < 1.29 is 4.42 Å². The highest BCUT2D eigenvalue weighted by Crippen LogP contribution is 2.16. The average molecular weight is 248 g/mol. The molecule has 5 heteroatoms. The Bertz CT molecular complexity index is 451. The van der Waals surface area contributed by atoms with Gasteiger partial charge in [-0.25, -0.2) is 0 Å². The molecule has 2 rings (SSSR count). The summed E-state index contributed by atoms with van der Waals surface area (Å²) in [5, 5.41) is 7.56. The minimum atomic E-state index is 0.679. The molecule has 0 saturated carbocycles. The van der Waals surface area contributed by atoms with Gasteiger partial charge in [0.1, 0.15) is 11.3 Å². The molecule has 0 radical (unpaired) electrons. The molecular formula is C13H20N4O. The molecule has 2 aromatic rings. The third-order valence-electron chi connectivity index (χ3n) is 1.80. The predicted molar refractivity (Wildman–Crippen MR) is 77.7 cm³/mol. The molecule has 0 aliphatic rings. The minimum Gasteiger partial charge on any atom is -0.455 e. The summed E-state index contributed by atoms with van der Waals surface area (Å²) in [5.74, 6) is 10.3. The lowest BCUT2D eigenvalue weighted by molar-refractivity contribution is 0.607. The molecule has 0 aliphatic carbocycles. The van der Waals surface area contributed by atoms with Crippen LogP contribution in [0.3, 0.4) is 0 Å². The summed E-state index contributed by atoms with van der Waals surface area (Å²) >= 11 is 0. The fraction of sp³-hybridized carbons (Fsp3) is 0.231. The molecule has 0 fully saturated rings. The van der Waals surface area contributed by atoms with Crippen LogP contribution in [0.5, 0.6) is 0 Å². The van der Waals surface area contributed by atoms with Gasteiger partial charge in [-0.1, -0.05) is 32.0 Å². The van der Waals surface area contributed by atoms with E-state index in [-0.39, 0.29) is 0 Å². The molecule has 0 bridgehead atoms. The Balaban J connectivity index is 0.000000415. The molecular weight excluding hydrogens is 228 g/mol. The highest BCUT2D eigenvalue weighted by molar-refractivity contribution is 5.86. The Hall–Kier alpha value is -2.30. The molecule has 0 amide bonds. The molecule has 1 heterocycles. The lowest BCUT2D eigenvalue weighted by atomic mass is 10.2. The van der Waals surface area contributed by atoms with E-state index in [4.69, 9.17) is 10.3 Å². The van der Waals surface area contributed by atoms with Crippen LogP contribution in [-0.2, 0) is 0 Å². The van der Waals surface area contributed by atoms with Crippen LogP contribution in [0, 0.1) is 0 Å². The second-order valence-corrected chi connectivity index (χ2v) is 2.87. The summed E-state index contributed by atoms with van der Waals surface area (Å²) < 4.78 is 5.38. The first-order chi connectivity index (χ1) is 8.81. The Morgan fingerprint density at radius 1 is 1.11 bits per heavy atom. The fourth-order valence-electron chi connectivity index (χ4n) is 1.14. The molecule has 0 spiro atoms. The highest BCUT2D eigenvalue weighted by Gasteiger charge is 1.98. The van der Waals surface area contributed by atoms with Gasteiger partial charge in [-0.3, -0.25) is 0 Å². The van der Waals surface area contributed by atoms with E-state index in [0.717, 1.165) is 11.0 Å². The van der Waals surface area contributed by atoms with E-state index >= 15 is 0 Å². The zero-order chi connectivity index (χ0) is 13.8. The summed E-state index contributed by atoms with van der Waals surface area (Å²) in [5.41, 5.74) is 0.854. The van der Waals surface area contributed by atoms with Gasteiger partial charge in [-0.15, -0.1) is 0 Å². The van der Waals surface area contributed by atoms with Crippen molar-refractivity contribution >= 4 is 23.4 Å². The zero-order valence-corrected chi connectivity index (χ0v) is 11.0. The Morgan fingerprint density at radius 2 is 1.72 bits per heavy atom. The van der Waals surface area contributed by atoms with E-state index in [1.807, 2.05) is 44.2 Å². The summed E-state index contributed by atoms with van der Waals surface area (Å²) in [7, 11) is 0. The van der Waals surface area contributed by atoms with Crippen LogP contribution in [0.1, 0.15) is 26.5 Å². The standard InChI is InChI=1S/C9H8N2O.C2H6N2.C2H6/c10-11-6-8-5-7-3-1-2-4-9(7)12-8;1-2-4-3;1-2/h1-6H,10H2;2H,3H2,1H3;1-2H3/b11-6-;;. The van der Waals surface area contributed by atoms with Gasteiger partial charge in [-0.2, -0.15) is 10.2 Å². The molecule has 18 heavy (non-hydrogen) atoms. The van der Waals surface area contributed by atoms with E-state index < -0.39 is 0 Å². The van der Waals surface area contributed by atoms with Crippen molar-refractivity contribution in [1.29, 1.82) is 0 Å². The second-order valence-electron chi connectivity index (χ2n) is 2.87. The number of benzene rings is 1. The molecule has 0 atom stereocenters. The van der Waals surface area contributed by atoms with Gasteiger partial charge in [0.25, 0.3) is 0 Å². The first-order valence-corrected chi connectivity index (χ1v) is 5.71. The van der Waals surface area contributed by atoms with Crippen LogP contribution in [0.15, 0.2) is 45.0 Å². The smallest absolute Gasteiger partial charge is 0.148 e. The maximum atomic E-state index is 5.38. The topological polar surface area (TPSA) is 89.9 Å². The average Bonchev–Trinajstić information content (AvgIpc) is 2.84. The minimum absolute atomic E-state index is 0.679. The van der Waals surface area contributed by atoms with E-state index in [9.17, 15) is 0 Å². The number of hydrogen-bond acceptors (Lipinski definition) is 5. The number of hydrazone groups is 2. The number of nitrogens with two attached hydrogens (primary N) is 2. The van der Waals surface area contributed by atoms with Gasteiger partial charge in [0, 0.05) is 11.6 Å². The highest BCUT2D eigenvalue weighted by atomic mass is 16.3. The quantitative estimate of drug-likeness (QED) is 0.462. The van der Waals surface area contributed by atoms with Crippen LogP contribution in [0.25, 0.3) is 11.0 Å². The largest absolute Gasteiger partial charge is 0.455 e. The maximum absolute atomic E-state index is 5.38. The summed E-state index contributed by atoms with van der Waals surface area (Å²) in [6.07, 6.45) is 3.01. The molecule has 1 aromatic carbocycles. The van der Waals surface area contributed by atoms with Gasteiger partial charge in [0.2, 0.25) is 0 Å². The van der Waals surface area contributed by atoms with Crippen LogP contribution < -0.4 is 11.7 Å².